The highest BCUT2D eigenvalue weighted by molar-refractivity contribution is 5.87. The number of nitrogens with zero attached hydrogens (tertiary/aromatic N) is 1. The molecule has 0 aliphatic rings. The van der Waals surface area contributed by atoms with Gasteiger partial charge in [-0.2, -0.15) is 0 Å². The Labute approximate surface area is 184 Å². The molecule has 0 saturated carbocycles. The zero-order chi connectivity index (χ0) is 22.1. The molecule has 4 heteroatoms. The van der Waals surface area contributed by atoms with Crippen LogP contribution in [-0.4, -0.2) is 36.3 Å². The first-order chi connectivity index (χ1) is 15.1. The molecule has 160 valence electrons. The van der Waals surface area contributed by atoms with Crippen molar-refractivity contribution in [3.63, 3.8) is 0 Å². The Kier molecular flexibility index (Phi) is 7.99. The maximum Gasteiger partial charge on any atom is 0.242 e. The van der Waals surface area contributed by atoms with E-state index >= 15 is 0 Å². The van der Waals surface area contributed by atoms with Crippen LogP contribution in [0, 0.1) is 0 Å². The van der Waals surface area contributed by atoms with E-state index in [1.165, 1.54) is 0 Å². The summed E-state index contributed by atoms with van der Waals surface area (Å²) in [4.78, 5) is 27.6. The maximum atomic E-state index is 13.5. The summed E-state index contributed by atoms with van der Waals surface area (Å²) in [6, 6.07) is 29.7. The monoisotopic (exact) mass is 414 g/mol. The lowest BCUT2D eigenvalue weighted by Gasteiger charge is -2.30. The summed E-state index contributed by atoms with van der Waals surface area (Å²) < 4.78 is 0. The number of amides is 2. The van der Waals surface area contributed by atoms with Crippen molar-refractivity contribution in [2.75, 3.05) is 13.6 Å². The Balaban J connectivity index is 1.84. The summed E-state index contributed by atoms with van der Waals surface area (Å²) in [5, 5.41) is 2.68. The largest absolute Gasteiger partial charge is 0.357 e. The molecule has 0 aromatic heterocycles. The van der Waals surface area contributed by atoms with Crippen LogP contribution in [0.15, 0.2) is 91.0 Å². The molecule has 1 unspecified atom stereocenters. The van der Waals surface area contributed by atoms with Crippen LogP contribution in [0.4, 0.5) is 0 Å². The molecule has 0 aliphatic heterocycles. The number of nitrogens with one attached hydrogen (secondary N) is 1. The molecule has 1 atom stereocenters. The van der Waals surface area contributed by atoms with Gasteiger partial charge in [0, 0.05) is 25.9 Å². The van der Waals surface area contributed by atoms with Crippen LogP contribution in [0.3, 0.4) is 0 Å². The minimum Gasteiger partial charge on any atom is -0.357 e. The van der Waals surface area contributed by atoms with E-state index in [1.807, 2.05) is 66.7 Å². The SMILES string of the molecule is CNC(=O)C(C)N(CCc1ccccc1)C(=O)CC(c1ccccc1)c1ccccc1. The molecule has 3 aromatic rings. The molecule has 0 spiro atoms. The van der Waals surface area contributed by atoms with Crippen molar-refractivity contribution in [3.8, 4) is 0 Å². The summed E-state index contributed by atoms with van der Waals surface area (Å²) in [7, 11) is 1.61. The predicted molar refractivity (Wildman–Crippen MR) is 125 cm³/mol. The summed E-state index contributed by atoms with van der Waals surface area (Å²) >= 11 is 0. The second-order valence-electron chi connectivity index (χ2n) is 7.69. The molecule has 4 nitrogen and oxygen atoms in total. The molecule has 2 amide bonds. The van der Waals surface area contributed by atoms with E-state index in [0.717, 1.165) is 16.7 Å². The maximum absolute atomic E-state index is 13.5. The van der Waals surface area contributed by atoms with E-state index in [9.17, 15) is 9.59 Å². The number of carbonyl (C=O) groups is 2. The van der Waals surface area contributed by atoms with Gasteiger partial charge in [0.05, 0.1) is 0 Å². The summed E-state index contributed by atoms with van der Waals surface area (Å²) in [6.45, 7) is 2.29. The van der Waals surface area contributed by atoms with Crippen molar-refractivity contribution in [2.24, 2.45) is 0 Å². The third-order valence-electron chi connectivity index (χ3n) is 5.68. The van der Waals surface area contributed by atoms with E-state index in [0.29, 0.717) is 19.4 Å². The van der Waals surface area contributed by atoms with E-state index in [4.69, 9.17) is 0 Å². The first-order valence-corrected chi connectivity index (χ1v) is 10.7. The summed E-state index contributed by atoms with van der Waals surface area (Å²) in [5.74, 6) is -0.242. The molecule has 3 aromatic carbocycles. The van der Waals surface area contributed by atoms with Crippen molar-refractivity contribution >= 4 is 11.8 Å². The Morgan fingerprint density at radius 2 is 1.29 bits per heavy atom. The number of carbonyl (C=O) groups excluding carboxylic acids is 2. The first-order valence-electron chi connectivity index (χ1n) is 10.7. The Hall–Kier alpha value is -3.40. The average molecular weight is 415 g/mol. The molecule has 0 bridgehead atoms. The zero-order valence-electron chi connectivity index (χ0n) is 18.2. The highest BCUT2D eigenvalue weighted by Gasteiger charge is 2.28. The lowest BCUT2D eigenvalue weighted by molar-refractivity contribution is -0.139. The number of benzene rings is 3. The fraction of sp³-hybridized carbons (Fsp3) is 0.259. The Morgan fingerprint density at radius 3 is 1.77 bits per heavy atom. The lowest BCUT2D eigenvalue weighted by atomic mass is 9.88. The van der Waals surface area contributed by atoms with E-state index in [-0.39, 0.29) is 17.7 Å². The van der Waals surface area contributed by atoms with Gasteiger partial charge >= 0.3 is 0 Å². The van der Waals surface area contributed by atoms with Crippen LogP contribution in [0.5, 0.6) is 0 Å². The Bertz CT molecular complexity index is 919. The highest BCUT2D eigenvalue weighted by Crippen LogP contribution is 2.29. The minimum absolute atomic E-state index is 0.0234. The molecule has 3 rings (SSSR count). The molecule has 0 saturated heterocycles. The minimum atomic E-state index is -0.534. The van der Waals surface area contributed by atoms with Gasteiger partial charge in [-0.3, -0.25) is 9.59 Å². The average Bonchev–Trinajstić information content (AvgIpc) is 2.83. The molecular formula is C27H30N2O2. The van der Waals surface area contributed by atoms with Crippen molar-refractivity contribution in [1.82, 2.24) is 10.2 Å². The van der Waals surface area contributed by atoms with Crippen LogP contribution < -0.4 is 5.32 Å². The second kappa shape index (κ2) is 11.1. The molecule has 31 heavy (non-hydrogen) atoms. The van der Waals surface area contributed by atoms with E-state index < -0.39 is 6.04 Å². The van der Waals surface area contributed by atoms with Gasteiger partial charge < -0.3 is 10.2 Å². The van der Waals surface area contributed by atoms with Gasteiger partial charge in [-0.25, -0.2) is 0 Å². The topological polar surface area (TPSA) is 49.4 Å². The Morgan fingerprint density at radius 1 is 0.806 bits per heavy atom. The normalized spacial score (nSPS) is 11.7. The molecule has 0 aliphatic carbocycles. The number of likely N-dealkylation sites (N-methyl/N-ethyl adjacent to an activating group) is 1. The van der Waals surface area contributed by atoms with Crippen LogP contribution >= 0.6 is 0 Å². The standard InChI is InChI=1S/C27H30N2O2/c1-21(27(31)28-2)29(19-18-22-12-6-3-7-13-22)26(30)20-25(23-14-8-4-9-15-23)24-16-10-5-11-17-24/h3-17,21,25H,18-20H2,1-2H3,(H,28,31). The summed E-state index contributed by atoms with van der Waals surface area (Å²) in [6.07, 6.45) is 1.01. The summed E-state index contributed by atoms with van der Waals surface area (Å²) in [5.41, 5.74) is 3.34. The number of hydrogen-bond acceptors (Lipinski definition) is 2. The quantitative estimate of drug-likeness (QED) is 0.564. The number of rotatable bonds is 9. The van der Waals surface area contributed by atoms with Gasteiger partial charge in [-0.05, 0) is 30.0 Å². The van der Waals surface area contributed by atoms with Gasteiger partial charge in [-0.15, -0.1) is 0 Å². The van der Waals surface area contributed by atoms with Gasteiger partial charge in [0.15, 0.2) is 0 Å². The molecule has 1 N–H and O–H groups in total. The van der Waals surface area contributed by atoms with Crippen molar-refractivity contribution in [3.05, 3.63) is 108 Å². The lowest BCUT2D eigenvalue weighted by Crippen LogP contribution is -2.48. The van der Waals surface area contributed by atoms with Crippen molar-refractivity contribution in [1.29, 1.82) is 0 Å². The second-order valence-corrected chi connectivity index (χ2v) is 7.69. The zero-order valence-corrected chi connectivity index (χ0v) is 18.2. The third kappa shape index (κ3) is 6.05. The fourth-order valence-corrected chi connectivity index (χ4v) is 3.87. The smallest absolute Gasteiger partial charge is 0.242 e. The van der Waals surface area contributed by atoms with Crippen molar-refractivity contribution in [2.45, 2.75) is 31.7 Å². The number of hydrogen-bond donors (Lipinski definition) is 1. The molecule has 0 fully saturated rings. The van der Waals surface area contributed by atoms with Crippen molar-refractivity contribution < 1.29 is 9.59 Å². The van der Waals surface area contributed by atoms with E-state index in [1.54, 1.807) is 18.9 Å². The van der Waals surface area contributed by atoms with Gasteiger partial charge in [0.2, 0.25) is 11.8 Å². The molecule has 0 radical (unpaired) electrons. The fourth-order valence-electron chi connectivity index (χ4n) is 3.87. The predicted octanol–water partition coefficient (Wildman–Crippen LogP) is 4.41. The van der Waals surface area contributed by atoms with Crippen LogP contribution in [0.2, 0.25) is 0 Å². The molecule has 0 heterocycles. The van der Waals surface area contributed by atoms with Gasteiger partial charge in [0.25, 0.3) is 0 Å². The first kappa shape index (κ1) is 22.3. The molecular weight excluding hydrogens is 384 g/mol. The highest BCUT2D eigenvalue weighted by atomic mass is 16.2. The third-order valence-corrected chi connectivity index (χ3v) is 5.68. The van der Waals surface area contributed by atoms with Gasteiger partial charge in [0.1, 0.15) is 6.04 Å². The van der Waals surface area contributed by atoms with Crippen LogP contribution in [0.1, 0.15) is 36.0 Å². The van der Waals surface area contributed by atoms with Gasteiger partial charge in [-0.1, -0.05) is 91.0 Å². The van der Waals surface area contributed by atoms with Crippen LogP contribution in [-0.2, 0) is 16.0 Å². The van der Waals surface area contributed by atoms with E-state index in [2.05, 4.69) is 29.6 Å². The van der Waals surface area contributed by atoms with Crippen LogP contribution in [0.25, 0.3) is 0 Å².